The molecule has 0 radical (unpaired) electrons. The first kappa shape index (κ1) is 16.8. The number of aryl methyl sites for hydroxylation is 1. The summed E-state index contributed by atoms with van der Waals surface area (Å²) in [5.74, 6) is 0.886. The molecule has 2 heterocycles. The van der Waals surface area contributed by atoms with Crippen molar-refractivity contribution in [3.63, 3.8) is 0 Å². The lowest BCUT2D eigenvalue weighted by Gasteiger charge is -2.17. The van der Waals surface area contributed by atoms with Crippen LogP contribution in [0, 0.1) is 0 Å². The van der Waals surface area contributed by atoms with Gasteiger partial charge in [-0.1, -0.05) is 0 Å². The molecule has 1 aromatic rings. The van der Waals surface area contributed by atoms with Crippen LogP contribution >= 0.6 is 0 Å². The highest BCUT2D eigenvalue weighted by atomic mass is 16.5. The van der Waals surface area contributed by atoms with Crippen LogP contribution in [0.4, 0.5) is 5.69 Å². The lowest BCUT2D eigenvalue weighted by Crippen LogP contribution is -2.31. The molecule has 1 atom stereocenters. The van der Waals surface area contributed by atoms with E-state index in [-0.39, 0.29) is 17.9 Å². The Morgan fingerprint density at radius 3 is 3.12 bits per heavy atom. The second-order valence-corrected chi connectivity index (χ2v) is 6.26. The van der Waals surface area contributed by atoms with E-state index < -0.39 is 0 Å². The number of hydrogen-bond donors (Lipinski definition) is 2. The maximum absolute atomic E-state index is 11.8. The van der Waals surface area contributed by atoms with Crippen LogP contribution in [0.1, 0.15) is 37.7 Å². The molecule has 3 rings (SSSR count). The number of rotatable bonds is 7. The van der Waals surface area contributed by atoms with E-state index in [4.69, 9.17) is 9.47 Å². The predicted molar refractivity (Wildman–Crippen MR) is 90.1 cm³/mol. The summed E-state index contributed by atoms with van der Waals surface area (Å²) >= 11 is 0. The summed E-state index contributed by atoms with van der Waals surface area (Å²) in [5, 5.41) is 5.76. The van der Waals surface area contributed by atoms with E-state index in [1.807, 2.05) is 18.2 Å². The zero-order valence-corrected chi connectivity index (χ0v) is 13.8. The second-order valence-electron chi connectivity index (χ2n) is 6.26. The fraction of sp³-hybridized carbons (Fsp3) is 0.556. The fourth-order valence-electron chi connectivity index (χ4n) is 2.99. The first-order valence-corrected chi connectivity index (χ1v) is 8.64. The normalized spacial score (nSPS) is 19.5. The molecule has 1 aromatic carbocycles. The maximum Gasteiger partial charge on any atom is 0.224 e. The van der Waals surface area contributed by atoms with Crippen molar-refractivity contribution in [2.75, 3.05) is 25.1 Å². The van der Waals surface area contributed by atoms with Gasteiger partial charge in [0.1, 0.15) is 5.75 Å². The SMILES string of the molecule is O=C(CCCOc1ccc2c(c1)CCC(=O)N2)NCC1CCCO1. The van der Waals surface area contributed by atoms with Gasteiger partial charge in [0.05, 0.1) is 12.7 Å². The number of amides is 2. The van der Waals surface area contributed by atoms with E-state index in [1.54, 1.807) is 0 Å². The third kappa shape index (κ3) is 4.71. The van der Waals surface area contributed by atoms with Crippen LogP contribution in [0.5, 0.6) is 5.75 Å². The van der Waals surface area contributed by atoms with Gasteiger partial charge in [0.25, 0.3) is 0 Å². The molecule has 6 nitrogen and oxygen atoms in total. The monoisotopic (exact) mass is 332 g/mol. The largest absolute Gasteiger partial charge is 0.494 e. The van der Waals surface area contributed by atoms with Gasteiger partial charge in [-0.05, 0) is 49.4 Å². The zero-order valence-electron chi connectivity index (χ0n) is 13.8. The molecule has 0 aliphatic carbocycles. The van der Waals surface area contributed by atoms with Crippen molar-refractivity contribution < 1.29 is 19.1 Å². The number of benzene rings is 1. The van der Waals surface area contributed by atoms with Crippen molar-refractivity contribution in [3.8, 4) is 5.75 Å². The molecule has 0 aromatic heterocycles. The molecule has 6 heteroatoms. The highest BCUT2D eigenvalue weighted by molar-refractivity contribution is 5.94. The molecule has 2 aliphatic rings. The maximum atomic E-state index is 11.8. The molecular weight excluding hydrogens is 308 g/mol. The van der Waals surface area contributed by atoms with E-state index in [1.165, 1.54) is 0 Å². The molecule has 0 bridgehead atoms. The third-order valence-corrected chi connectivity index (χ3v) is 4.34. The van der Waals surface area contributed by atoms with Crippen LogP contribution in [0.25, 0.3) is 0 Å². The van der Waals surface area contributed by atoms with Gasteiger partial charge >= 0.3 is 0 Å². The molecule has 0 spiro atoms. The molecule has 2 amide bonds. The van der Waals surface area contributed by atoms with Crippen molar-refractivity contribution in [2.24, 2.45) is 0 Å². The van der Waals surface area contributed by atoms with Crippen LogP contribution in [0.3, 0.4) is 0 Å². The number of ether oxygens (including phenoxy) is 2. The average Bonchev–Trinajstić information content (AvgIpc) is 3.10. The van der Waals surface area contributed by atoms with Gasteiger partial charge in [0, 0.05) is 31.7 Å². The smallest absolute Gasteiger partial charge is 0.224 e. The summed E-state index contributed by atoms with van der Waals surface area (Å²) in [7, 11) is 0. The average molecular weight is 332 g/mol. The van der Waals surface area contributed by atoms with E-state index in [0.717, 1.165) is 42.9 Å². The Morgan fingerprint density at radius 1 is 1.38 bits per heavy atom. The number of carbonyl (C=O) groups is 2. The fourth-order valence-corrected chi connectivity index (χ4v) is 2.99. The van der Waals surface area contributed by atoms with Crippen molar-refractivity contribution in [2.45, 2.75) is 44.6 Å². The van der Waals surface area contributed by atoms with Crippen LogP contribution in [0.15, 0.2) is 18.2 Å². The van der Waals surface area contributed by atoms with Crippen molar-refractivity contribution in [3.05, 3.63) is 23.8 Å². The summed E-state index contributed by atoms with van der Waals surface area (Å²) in [4.78, 5) is 23.1. The Balaban J connectivity index is 1.34. The number of carbonyl (C=O) groups excluding carboxylic acids is 2. The minimum Gasteiger partial charge on any atom is -0.494 e. The van der Waals surface area contributed by atoms with Crippen LogP contribution < -0.4 is 15.4 Å². The number of hydrogen-bond acceptors (Lipinski definition) is 4. The van der Waals surface area contributed by atoms with E-state index in [2.05, 4.69) is 10.6 Å². The van der Waals surface area contributed by atoms with Gasteiger partial charge in [-0.15, -0.1) is 0 Å². The molecule has 2 aliphatic heterocycles. The number of anilines is 1. The van der Waals surface area contributed by atoms with Gasteiger partial charge in [-0.2, -0.15) is 0 Å². The van der Waals surface area contributed by atoms with E-state index in [0.29, 0.717) is 32.4 Å². The van der Waals surface area contributed by atoms with Gasteiger partial charge < -0.3 is 20.1 Å². The standard InChI is InChI=1S/C18H24N2O4/c21-17(19-12-15-3-1-9-24-15)4-2-10-23-14-6-7-16-13(11-14)5-8-18(22)20-16/h6-7,11,15H,1-5,8-10,12H2,(H,19,21)(H,20,22). The number of fused-ring (bicyclic) bond motifs is 1. The topological polar surface area (TPSA) is 76.7 Å². The first-order valence-electron chi connectivity index (χ1n) is 8.64. The van der Waals surface area contributed by atoms with Gasteiger partial charge in [0.15, 0.2) is 0 Å². The summed E-state index contributed by atoms with van der Waals surface area (Å²) in [6.07, 6.45) is 4.67. The second kappa shape index (κ2) is 8.15. The highest BCUT2D eigenvalue weighted by Crippen LogP contribution is 2.26. The van der Waals surface area contributed by atoms with Crippen molar-refractivity contribution in [1.29, 1.82) is 0 Å². The molecule has 24 heavy (non-hydrogen) atoms. The minimum atomic E-state index is 0.0438. The summed E-state index contributed by atoms with van der Waals surface area (Å²) in [6, 6.07) is 5.68. The van der Waals surface area contributed by atoms with Crippen LogP contribution in [-0.4, -0.2) is 37.7 Å². The van der Waals surface area contributed by atoms with E-state index >= 15 is 0 Å². The van der Waals surface area contributed by atoms with Crippen molar-refractivity contribution in [1.82, 2.24) is 5.32 Å². The van der Waals surface area contributed by atoms with Crippen molar-refractivity contribution >= 4 is 17.5 Å². The highest BCUT2D eigenvalue weighted by Gasteiger charge is 2.16. The molecule has 130 valence electrons. The summed E-state index contributed by atoms with van der Waals surface area (Å²) in [6.45, 7) is 1.91. The molecule has 2 N–H and O–H groups in total. The minimum absolute atomic E-state index is 0.0438. The Morgan fingerprint density at radius 2 is 2.29 bits per heavy atom. The lowest BCUT2D eigenvalue weighted by atomic mass is 10.0. The quantitative estimate of drug-likeness (QED) is 0.749. The first-order chi connectivity index (χ1) is 11.7. The number of nitrogens with one attached hydrogen (secondary N) is 2. The van der Waals surface area contributed by atoms with E-state index in [9.17, 15) is 9.59 Å². The molecule has 0 saturated carbocycles. The molecular formula is C18H24N2O4. The summed E-state index contributed by atoms with van der Waals surface area (Å²) < 4.78 is 11.2. The zero-order chi connectivity index (χ0) is 16.8. The predicted octanol–water partition coefficient (Wildman–Crippen LogP) is 2.03. The molecule has 1 fully saturated rings. The Labute approximate surface area is 141 Å². The van der Waals surface area contributed by atoms with Gasteiger partial charge in [-0.25, -0.2) is 0 Å². The van der Waals surface area contributed by atoms with Crippen LogP contribution in [0.2, 0.25) is 0 Å². The summed E-state index contributed by atoms with van der Waals surface area (Å²) in [5.41, 5.74) is 1.97. The molecule has 1 saturated heterocycles. The lowest BCUT2D eigenvalue weighted by molar-refractivity contribution is -0.121. The Kier molecular flexibility index (Phi) is 5.69. The Hall–Kier alpha value is -2.08. The van der Waals surface area contributed by atoms with Gasteiger partial charge in [0.2, 0.25) is 11.8 Å². The third-order valence-electron chi connectivity index (χ3n) is 4.34. The Bertz CT molecular complexity index is 597. The van der Waals surface area contributed by atoms with Crippen LogP contribution in [-0.2, 0) is 20.7 Å². The van der Waals surface area contributed by atoms with Gasteiger partial charge in [-0.3, -0.25) is 9.59 Å². The molecule has 1 unspecified atom stereocenters.